The fourth-order valence-electron chi connectivity index (χ4n) is 3.86. The molecule has 0 fully saturated rings. The van der Waals surface area contributed by atoms with E-state index in [4.69, 9.17) is 0 Å². The number of nitrogens with one attached hydrogen (secondary N) is 2. The average Bonchev–Trinajstić information content (AvgIpc) is 2.61. The van der Waals surface area contributed by atoms with Crippen LogP contribution in [-0.4, -0.2) is 11.8 Å². The smallest absolute Gasteiger partial charge is 0.228 e. The van der Waals surface area contributed by atoms with Crippen LogP contribution in [0.2, 0.25) is 0 Å². The Labute approximate surface area is 149 Å². The van der Waals surface area contributed by atoms with Crippen LogP contribution in [0, 0.1) is 11.6 Å². The number of rotatable bonds is 2. The number of fused-ring (bicyclic) bond motifs is 2. The number of carbonyl (C=O) groups excluding carboxylic acids is 2. The van der Waals surface area contributed by atoms with Crippen molar-refractivity contribution in [2.24, 2.45) is 0 Å². The molecule has 1 aliphatic heterocycles. The minimum Gasteiger partial charge on any atom is -0.349 e. The molecule has 6 heteroatoms. The molecule has 4 nitrogen and oxygen atoms in total. The van der Waals surface area contributed by atoms with Crippen LogP contribution in [0.1, 0.15) is 47.9 Å². The predicted molar refractivity (Wildman–Crippen MR) is 92.6 cm³/mol. The molecule has 2 N–H and O–H groups in total. The molecule has 0 saturated heterocycles. The molecule has 0 spiro atoms. The zero-order valence-electron chi connectivity index (χ0n) is 14.0. The molecule has 0 bridgehead atoms. The van der Waals surface area contributed by atoms with Gasteiger partial charge < -0.3 is 10.6 Å². The van der Waals surface area contributed by atoms with Gasteiger partial charge in [-0.1, -0.05) is 12.1 Å². The molecule has 2 aliphatic rings. The van der Waals surface area contributed by atoms with Gasteiger partial charge in [0.2, 0.25) is 11.8 Å². The normalized spacial score (nSPS) is 21.4. The Morgan fingerprint density at radius 3 is 2.69 bits per heavy atom. The van der Waals surface area contributed by atoms with Gasteiger partial charge in [-0.3, -0.25) is 9.59 Å². The van der Waals surface area contributed by atoms with Crippen molar-refractivity contribution >= 4 is 17.5 Å². The summed E-state index contributed by atoms with van der Waals surface area (Å²) >= 11 is 0. The summed E-state index contributed by atoms with van der Waals surface area (Å²) in [6.45, 7) is 0. The Morgan fingerprint density at radius 1 is 1.08 bits per heavy atom. The Bertz CT molecular complexity index is 897. The first kappa shape index (κ1) is 16.7. The molecule has 1 heterocycles. The molecule has 2 amide bonds. The van der Waals surface area contributed by atoms with E-state index >= 15 is 0 Å². The van der Waals surface area contributed by atoms with E-state index in [0.717, 1.165) is 30.4 Å². The number of carbonyl (C=O) groups is 2. The highest BCUT2D eigenvalue weighted by atomic mass is 19.1. The summed E-state index contributed by atoms with van der Waals surface area (Å²) in [7, 11) is 0. The van der Waals surface area contributed by atoms with Crippen LogP contribution in [0.25, 0.3) is 0 Å². The van der Waals surface area contributed by atoms with E-state index in [-0.39, 0.29) is 30.1 Å². The summed E-state index contributed by atoms with van der Waals surface area (Å²) in [5.41, 5.74) is 2.76. The van der Waals surface area contributed by atoms with E-state index in [9.17, 15) is 18.4 Å². The molecule has 2 aromatic rings. The molecule has 1 aliphatic carbocycles. The van der Waals surface area contributed by atoms with Crippen LogP contribution in [0.5, 0.6) is 0 Å². The van der Waals surface area contributed by atoms with Crippen molar-refractivity contribution in [1.82, 2.24) is 5.32 Å². The number of anilines is 1. The summed E-state index contributed by atoms with van der Waals surface area (Å²) in [6.07, 6.45) is 2.48. The van der Waals surface area contributed by atoms with Gasteiger partial charge in [-0.05, 0) is 60.2 Å². The number of hydrogen-bond donors (Lipinski definition) is 2. The van der Waals surface area contributed by atoms with E-state index in [2.05, 4.69) is 10.6 Å². The van der Waals surface area contributed by atoms with E-state index in [1.807, 2.05) is 0 Å². The summed E-state index contributed by atoms with van der Waals surface area (Å²) in [5.74, 6) is -2.10. The van der Waals surface area contributed by atoms with Crippen molar-refractivity contribution in [3.63, 3.8) is 0 Å². The third-order valence-corrected chi connectivity index (χ3v) is 5.11. The van der Waals surface area contributed by atoms with Gasteiger partial charge in [0.25, 0.3) is 0 Å². The second kappa shape index (κ2) is 6.52. The summed E-state index contributed by atoms with van der Waals surface area (Å²) in [5, 5.41) is 5.57. The molecular formula is C20H18F2N2O2. The van der Waals surface area contributed by atoms with Gasteiger partial charge in [-0.2, -0.15) is 0 Å². The summed E-state index contributed by atoms with van der Waals surface area (Å²) in [4.78, 5) is 24.8. The highest BCUT2D eigenvalue weighted by Crippen LogP contribution is 2.35. The largest absolute Gasteiger partial charge is 0.349 e. The highest BCUT2D eigenvalue weighted by Gasteiger charge is 2.33. The molecule has 134 valence electrons. The lowest BCUT2D eigenvalue weighted by atomic mass is 9.85. The van der Waals surface area contributed by atoms with Crippen LogP contribution >= 0.6 is 0 Å². The van der Waals surface area contributed by atoms with Crippen LogP contribution < -0.4 is 10.6 Å². The van der Waals surface area contributed by atoms with Crippen molar-refractivity contribution in [2.75, 3.05) is 5.32 Å². The maximum Gasteiger partial charge on any atom is 0.228 e. The third kappa shape index (κ3) is 3.07. The zero-order valence-corrected chi connectivity index (χ0v) is 14.0. The molecule has 0 radical (unpaired) electrons. The molecule has 2 atom stereocenters. The maximum atomic E-state index is 13.6. The molecular weight excluding hydrogens is 338 g/mol. The lowest BCUT2D eigenvalue weighted by molar-refractivity contribution is -0.127. The van der Waals surface area contributed by atoms with E-state index < -0.39 is 11.7 Å². The van der Waals surface area contributed by atoms with Gasteiger partial charge in [0.05, 0.1) is 12.0 Å². The molecule has 2 aromatic carbocycles. The number of amides is 2. The Balaban J connectivity index is 1.60. The van der Waals surface area contributed by atoms with Crippen molar-refractivity contribution in [3.05, 3.63) is 64.7 Å². The van der Waals surface area contributed by atoms with Gasteiger partial charge in [0, 0.05) is 12.1 Å². The van der Waals surface area contributed by atoms with Crippen molar-refractivity contribution in [2.45, 2.75) is 37.6 Å². The molecule has 0 saturated carbocycles. The minimum absolute atomic E-state index is 0.00714. The lowest BCUT2D eigenvalue weighted by Crippen LogP contribution is -2.38. The summed E-state index contributed by atoms with van der Waals surface area (Å²) < 4.78 is 27.1. The quantitative estimate of drug-likeness (QED) is 0.864. The van der Waals surface area contributed by atoms with Crippen molar-refractivity contribution in [1.29, 1.82) is 0 Å². The van der Waals surface area contributed by atoms with Crippen molar-refractivity contribution in [3.8, 4) is 0 Å². The predicted octanol–water partition coefficient (Wildman–Crippen LogP) is 3.58. The average molecular weight is 356 g/mol. The van der Waals surface area contributed by atoms with Gasteiger partial charge in [-0.25, -0.2) is 8.78 Å². The Hall–Kier alpha value is -2.76. The van der Waals surface area contributed by atoms with Crippen LogP contribution in [0.15, 0.2) is 36.4 Å². The van der Waals surface area contributed by atoms with Crippen LogP contribution in [0.3, 0.4) is 0 Å². The lowest BCUT2D eigenvalue weighted by Gasteiger charge is -2.30. The standard InChI is InChI=1S/C20H18F2N2O2/c21-12-5-4-11-2-1-3-17(15(11)8-12)24-20(26)16-10-19(25)23-18-9-13(22)6-7-14(16)18/h4-9,16-17H,1-3,10H2,(H,23,25)(H,24,26)/t16?,17-/m1/s1. The molecule has 26 heavy (non-hydrogen) atoms. The number of halogens is 2. The second-order valence-electron chi connectivity index (χ2n) is 6.83. The SMILES string of the molecule is O=C1CC(C(=O)N[C@@H]2CCCc3ccc(F)cc32)c2ccc(F)cc2N1. The van der Waals surface area contributed by atoms with E-state index in [1.165, 1.54) is 30.3 Å². The van der Waals surface area contributed by atoms with E-state index in [0.29, 0.717) is 11.3 Å². The zero-order chi connectivity index (χ0) is 18.3. The molecule has 0 aromatic heterocycles. The van der Waals surface area contributed by atoms with Gasteiger partial charge in [0.15, 0.2) is 0 Å². The van der Waals surface area contributed by atoms with E-state index in [1.54, 1.807) is 6.07 Å². The number of aryl methyl sites for hydroxylation is 1. The van der Waals surface area contributed by atoms with Crippen LogP contribution in [-0.2, 0) is 16.0 Å². The molecule has 4 rings (SSSR count). The topological polar surface area (TPSA) is 58.2 Å². The number of benzene rings is 2. The van der Waals surface area contributed by atoms with Crippen LogP contribution in [0.4, 0.5) is 14.5 Å². The van der Waals surface area contributed by atoms with Gasteiger partial charge in [0.1, 0.15) is 11.6 Å². The molecule has 1 unspecified atom stereocenters. The first-order valence-corrected chi connectivity index (χ1v) is 8.69. The van der Waals surface area contributed by atoms with Gasteiger partial charge in [-0.15, -0.1) is 0 Å². The Kier molecular flexibility index (Phi) is 4.18. The van der Waals surface area contributed by atoms with Gasteiger partial charge >= 0.3 is 0 Å². The fraction of sp³-hybridized carbons (Fsp3) is 0.300. The first-order valence-electron chi connectivity index (χ1n) is 8.69. The summed E-state index contributed by atoms with van der Waals surface area (Å²) in [6, 6.07) is 8.41. The monoisotopic (exact) mass is 356 g/mol. The third-order valence-electron chi connectivity index (χ3n) is 5.11. The number of hydrogen-bond acceptors (Lipinski definition) is 2. The Morgan fingerprint density at radius 2 is 1.85 bits per heavy atom. The first-order chi connectivity index (χ1) is 12.5. The highest BCUT2D eigenvalue weighted by molar-refractivity contribution is 6.01. The minimum atomic E-state index is -0.682. The second-order valence-corrected chi connectivity index (χ2v) is 6.83. The fourth-order valence-corrected chi connectivity index (χ4v) is 3.86. The maximum absolute atomic E-state index is 13.6. The van der Waals surface area contributed by atoms with Crippen molar-refractivity contribution < 1.29 is 18.4 Å².